The molecule has 0 fully saturated rings. The van der Waals surface area contributed by atoms with Gasteiger partial charge in [0.25, 0.3) is 0 Å². The molecule has 1 aromatic carbocycles. The summed E-state index contributed by atoms with van der Waals surface area (Å²) < 4.78 is 31.1. The van der Waals surface area contributed by atoms with Crippen LogP contribution in [-0.4, -0.2) is 5.16 Å². The number of rotatable bonds is 1. The molecule has 0 aliphatic heterocycles. The smallest absolute Gasteiger partial charge is 0.193 e. The standard InChI is InChI=1S/C10H8F2N2O/c1-5-9(13)10(15-14-5)7-4-6(11)2-3-8(7)12/h2-4H,13H2,1H3. The Balaban J connectivity index is 2.63. The number of aryl methyl sites for hydroxylation is 1. The van der Waals surface area contributed by atoms with E-state index >= 15 is 0 Å². The second kappa shape index (κ2) is 3.34. The van der Waals surface area contributed by atoms with Gasteiger partial charge in [-0.25, -0.2) is 8.78 Å². The number of nitrogen functional groups attached to an aromatic ring is 1. The van der Waals surface area contributed by atoms with Crippen molar-refractivity contribution in [1.82, 2.24) is 5.16 Å². The molecular formula is C10H8F2N2O. The van der Waals surface area contributed by atoms with E-state index in [0.717, 1.165) is 18.2 Å². The molecule has 3 nitrogen and oxygen atoms in total. The lowest BCUT2D eigenvalue weighted by molar-refractivity contribution is 0.424. The molecule has 1 heterocycles. The van der Waals surface area contributed by atoms with Gasteiger partial charge in [0.15, 0.2) is 5.76 Å². The van der Waals surface area contributed by atoms with Crippen LogP contribution in [0.1, 0.15) is 5.69 Å². The summed E-state index contributed by atoms with van der Waals surface area (Å²) in [7, 11) is 0. The van der Waals surface area contributed by atoms with Crippen LogP contribution in [0.25, 0.3) is 11.3 Å². The molecule has 2 rings (SSSR count). The zero-order valence-electron chi connectivity index (χ0n) is 7.92. The summed E-state index contributed by atoms with van der Waals surface area (Å²) in [6.07, 6.45) is 0. The van der Waals surface area contributed by atoms with E-state index in [1.165, 1.54) is 0 Å². The molecule has 0 unspecified atom stereocenters. The highest BCUT2D eigenvalue weighted by molar-refractivity contribution is 5.72. The van der Waals surface area contributed by atoms with Gasteiger partial charge in [-0.1, -0.05) is 5.16 Å². The van der Waals surface area contributed by atoms with E-state index in [1.807, 2.05) is 0 Å². The van der Waals surface area contributed by atoms with Crippen molar-refractivity contribution in [2.45, 2.75) is 6.92 Å². The summed E-state index contributed by atoms with van der Waals surface area (Å²) in [6, 6.07) is 3.06. The number of hydrogen-bond acceptors (Lipinski definition) is 3. The molecule has 0 spiro atoms. The van der Waals surface area contributed by atoms with Gasteiger partial charge in [-0.3, -0.25) is 0 Å². The third-order valence-electron chi connectivity index (χ3n) is 2.08. The van der Waals surface area contributed by atoms with Gasteiger partial charge >= 0.3 is 0 Å². The SMILES string of the molecule is Cc1noc(-c2cc(F)ccc2F)c1N. The van der Waals surface area contributed by atoms with Crippen LogP contribution >= 0.6 is 0 Å². The Hall–Kier alpha value is -1.91. The van der Waals surface area contributed by atoms with Gasteiger partial charge in [-0.2, -0.15) is 0 Å². The Morgan fingerprint density at radius 3 is 2.67 bits per heavy atom. The molecule has 1 aromatic heterocycles. The molecule has 0 atom stereocenters. The number of nitrogens with zero attached hydrogens (tertiary/aromatic N) is 1. The van der Waals surface area contributed by atoms with E-state index < -0.39 is 11.6 Å². The van der Waals surface area contributed by atoms with Crippen LogP contribution in [0.3, 0.4) is 0 Å². The van der Waals surface area contributed by atoms with Crippen LogP contribution in [0.2, 0.25) is 0 Å². The van der Waals surface area contributed by atoms with Crippen molar-refractivity contribution in [3.63, 3.8) is 0 Å². The minimum atomic E-state index is -0.598. The Labute approximate surface area is 84.5 Å². The Kier molecular flexibility index (Phi) is 2.15. The predicted molar refractivity (Wildman–Crippen MR) is 51.0 cm³/mol. The normalized spacial score (nSPS) is 10.6. The number of aromatic nitrogens is 1. The van der Waals surface area contributed by atoms with Crippen molar-refractivity contribution in [3.8, 4) is 11.3 Å². The quantitative estimate of drug-likeness (QED) is 0.786. The van der Waals surface area contributed by atoms with Gasteiger partial charge in [0.05, 0.1) is 5.56 Å². The zero-order chi connectivity index (χ0) is 11.0. The van der Waals surface area contributed by atoms with Crippen LogP contribution in [-0.2, 0) is 0 Å². The van der Waals surface area contributed by atoms with Crippen molar-refractivity contribution < 1.29 is 13.3 Å². The van der Waals surface area contributed by atoms with Crippen molar-refractivity contribution in [3.05, 3.63) is 35.5 Å². The minimum absolute atomic E-state index is 0.0203. The second-order valence-electron chi connectivity index (χ2n) is 3.13. The molecule has 2 N–H and O–H groups in total. The number of benzene rings is 1. The first-order valence-corrected chi connectivity index (χ1v) is 4.26. The highest BCUT2D eigenvalue weighted by atomic mass is 19.1. The fraction of sp³-hybridized carbons (Fsp3) is 0.100. The molecule has 0 saturated heterocycles. The van der Waals surface area contributed by atoms with E-state index in [4.69, 9.17) is 10.3 Å². The predicted octanol–water partition coefficient (Wildman–Crippen LogP) is 2.51. The van der Waals surface area contributed by atoms with Gasteiger partial charge in [-0.05, 0) is 25.1 Å². The highest BCUT2D eigenvalue weighted by Crippen LogP contribution is 2.30. The van der Waals surface area contributed by atoms with E-state index in [9.17, 15) is 8.78 Å². The van der Waals surface area contributed by atoms with Crippen LogP contribution in [0.4, 0.5) is 14.5 Å². The number of halogens is 2. The van der Waals surface area contributed by atoms with Crippen LogP contribution in [0, 0.1) is 18.6 Å². The molecule has 78 valence electrons. The summed E-state index contributed by atoms with van der Waals surface area (Å²) >= 11 is 0. The number of nitrogens with two attached hydrogens (primary N) is 1. The molecular weight excluding hydrogens is 202 g/mol. The summed E-state index contributed by atoms with van der Waals surface area (Å²) in [5.74, 6) is -1.09. The van der Waals surface area contributed by atoms with E-state index in [-0.39, 0.29) is 17.0 Å². The first-order valence-electron chi connectivity index (χ1n) is 4.26. The lowest BCUT2D eigenvalue weighted by Gasteiger charge is -1.99. The summed E-state index contributed by atoms with van der Waals surface area (Å²) in [5, 5.41) is 3.57. The second-order valence-corrected chi connectivity index (χ2v) is 3.13. The van der Waals surface area contributed by atoms with E-state index in [2.05, 4.69) is 5.16 Å². The molecule has 0 aliphatic carbocycles. The Morgan fingerprint density at radius 1 is 1.33 bits per heavy atom. The van der Waals surface area contributed by atoms with Crippen LogP contribution in [0.15, 0.2) is 22.7 Å². The van der Waals surface area contributed by atoms with Gasteiger partial charge in [0, 0.05) is 0 Å². The summed E-state index contributed by atoms with van der Waals surface area (Å²) in [5.41, 5.74) is 6.26. The molecule has 0 radical (unpaired) electrons. The third kappa shape index (κ3) is 1.56. The van der Waals surface area contributed by atoms with Crippen molar-refractivity contribution in [2.24, 2.45) is 0 Å². The van der Waals surface area contributed by atoms with Gasteiger partial charge in [-0.15, -0.1) is 0 Å². The topological polar surface area (TPSA) is 52.0 Å². The number of hydrogen-bond donors (Lipinski definition) is 1. The average molecular weight is 210 g/mol. The van der Waals surface area contributed by atoms with Gasteiger partial charge in [0.2, 0.25) is 0 Å². The Bertz CT molecular complexity index is 508. The highest BCUT2D eigenvalue weighted by Gasteiger charge is 2.16. The fourth-order valence-electron chi connectivity index (χ4n) is 1.24. The minimum Gasteiger partial charge on any atom is -0.394 e. The maximum atomic E-state index is 13.3. The van der Waals surface area contributed by atoms with Gasteiger partial charge < -0.3 is 10.3 Å². The van der Waals surface area contributed by atoms with Crippen molar-refractivity contribution >= 4 is 5.69 Å². The third-order valence-corrected chi connectivity index (χ3v) is 2.08. The van der Waals surface area contributed by atoms with Crippen LogP contribution in [0.5, 0.6) is 0 Å². The first kappa shape index (κ1) is 9.64. The van der Waals surface area contributed by atoms with Crippen LogP contribution < -0.4 is 5.73 Å². The van der Waals surface area contributed by atoms with Crippen molar-refractivity contribution in [1.29, 1.82) is 0 Å². The van der Waals surface area contributed by atoms with E-state index in [1.54, 1.807) is 6.92 Å². The molecule has 0 amide bonds. The average Bonchev–Trinajstić information content (AvgIpc) is 2.52. The lowest BCUT2D eigenvalue weighted by atomic mass is 10.1. The lowest BCUT2D eigenvalue weighted by Crippen LogP contribution is -1.91. The molecule has 0 bridgehead atoms. The summed E-state index contributed by atoms with van der Waals surface area (Å²) in [4.78, 5) is 0. The molecule has 15 heavy (non-hydrogen) atoms. The molecule has 0 saturated carbocycles. The molecule has 0 aliphatic rings. The maximum Gasteiger partial charge on any atom is 0.193 e. The molecule has 2 aromatic rings. The monoisotopic (exact) mass is 210 g/mol. The Morgan fingerprint density at radius 2 is 2.07 bits per heavy atom. The van der Waals surface area contributed by atoms with E-state index in [0.29, 0.717) is 5.69 Å². The molecule has 5 heteroatoms. The van der Waals surface area contributed by atoms with Crippen molar-refractivity contribution in [2.75, 3.05) is 5.73 Å². The first-order chi connectivity index (χ1) is 7.09. The maximum absolute atomic E-state index is 13.3. The largest absolute Gasteiger partial charge is 0.394 e. The van der Waals surface area contributed by atoms with Gasteiger partial charge in [0.1, 0.15) is 23.0 Å². The fourth-order valence-corrected chi connectivity index (χ4v) is 1.24. The zero-order valence-corrected chi connectivity index (χ0v) is 7.92. The summed E-state index contributed by atoms with van der Waals surface area (Å²) in [6.45, 7) is 1.62. The number of anilines is 1.